The molecule has 0 bridgehead atoms. The van der Waals surface area contributed by atoms with Gasteiger partial charge in [0.25, 0.3) is 0 Å². The molecular weight excluding hydrogens is 235 g/mol. The van der Waals surface area contributed by atoms with Gasteiger partial charge < -0.3 is 4.74 Å². The van der Waals surface area contributed by atoms with Crippen molar-refractivity contribution in [1.29, 1.82) is 0 Å². The predicted octanol–water partition coefficient (Wildman–Crippen LogP) is 2.67. The predicted molar refractivity (Wildman–Crippen MR) is 66.3 cm³/mol. The molecule has 17 heavy (non-hydrogen) atoms. The SMILES string of the molecule is Cn1cc(C=O)c(OCc2ccccc2)n1.[P]. The van der Waals surface area contributed by atoms with Gasteiger partial charge in [-0.1, -0.05) is 30.3 Å². The van der Waals surface area contributed by atoms with E-state index in [0.717, 1.165) is 11.8 Å². The fourth-order valence-corrected chi connectivity index (χ4v) is 1.41. The number of rotatable bonds is 4. The van der Waals surface area contributed by atoms with Gasteiger partial charge in [-0.15, -0.1) is 5.10 Å². The Morgan fingerprint density at radius 1 is 1.35 bits per heavy atom. The van der Waals surface area contributed by atoms with Crippen molar-refractivity contribution in [2.24, 2.45) is 7.05 Å². The second kappa shape index (κ2) is 6.16. The lowest BCUT2D eigenvalue weighted by Gasteiger charge is -2.02. The van der Waals surface area contributed by atoms with Gasteiger partial charge in [-0.05, 0) is 5.56 Å². The molecule has 87 valence electrons. The smallest absolute Gasteiger partial charge is 0.243 e. The molecule has 5 heteroatoms. The van der Waals surface area contributed by atoms with Crippen molar-refractivity contribution in [3.63, 3.8) is 0 Å². The third-order valence-corrected chi connectivity index (χ3v) is 2.17. The second-order valence-corrected chi connectivity index (χ2v) is 3.46. The largest absolute Gasteiger partial charge is 0.471 e. The minimum Gasteiger partial charge on any atom is -0.471 e. The Kier molecular flexibility index (Phi) is 4.85. The first-order valence-corrected chi connectivity index (χ1v) is 4.95. The number of hydrogen-bond acceptors (Lipinski definition) is 3. The molecule has 1 aromatic carbocycles. The van der Waals surface area contributed by atoms with Crippen LogP contribution in [0.1, 0.15) is 15.9 Å². The van der Waals surface area contributed by atoms with E-state index in [1.165, 1.54) is 0 Å². The van der Waals surface area contributed by atoms with Crippen molar-refractivity contribution in [2.75, 3.05) is 0 Å². The summed E-state index contributed by atoms with van der Waals surface area (Å²) in [5.41, 5.74) is 1.52. The van der Waals surface area contributed by atoms with Crippen LogP contribution < -0.4 is 4.74 Å². The summed E-state index contributed by atoms with van der Waals surface area (Å²) in [5, 5.41) is 4.06. The van der Waals surface area contributed by atoms with Crippen LogP contribution >= 0.6 is 9.90 Å². The molecule has 2 rings (SSSR count). The molecule has 4 nitrogen and oxygen atoms in total. The van der Waals surface area contributed by atoms with Crippen LogP contribution in [0.15, 0.2) is 36.5 Å². The number of benzene rings is 1. The van der Waals surface area contributed by atoms with E-state index < -0.39 is 0 Å². The number of aldehydes is 1. The summed E-state index contributed by atoms with van der Waals surface area (Å²) in [6.07, 6.45) is 2.38. The summed E-state index contributed by atoms with van der Waals surface area (Å²) >= 11 is 0. The third kappa shape index (κ3) is 3.40. The van der Waals surface area contributed by atoms with Crippen molar-refractivity contribution >= 4 is 16.2 Å². The number of nitrogens with zero attached hydrogens (tertiary/aromatic N) is 2. The maximum Gasteiger partial charge on any atom is 0.243 e. The summed E-state index contributed by atoms with van der Waals surface area (Å²) in [5.74, 6) is 0.376. The second-order valence-electron chi connectivity index (χ2n) is 3.46. The lowest BCUT2D eigenvalue weighted by Crippen LogP contribution is -1.98. The molecule has 1 aromatic heterocycles. The average molecular weight is 247 g/mol. The molecule has 0 spiro atoms. The van der Waals surface area contributed by atoms with Crippen molar-refractivity contribution < 1.29 is 9.53 Å². The van der Waals surface area contributed by atoms with Gasteiger partial charge in [0.2, 0.25) is 5.88 Å². The Morgan fingerprint density at radius 3 is 2.71 bits per heavy atom. The fourth-order valence-electron chi connectivity index (χ4n) is 1.41. The molecule has 0 amide bonds. The number of carbonyl (C=O) groups is 1. The minimum atomic E-state index is 0. The molecule has 3 radical (unpaired) electrons. The molecule has 0 aliphatic heterocycles. The van der Waals surface area contributed by atoms with E-state index in [-0.39, 0.29) is 9.90 Å². The molecule has 0 atom stereocenters. The number of carbonyl (C=O) groups excluding carboxylic acids is 1. The highest BCUT2D eigenvalue weighted by Crippen LogP contribution is 2.14. The summed E-state index contributed by atoms with van der Waals surface area (Å²) in [6.45, 7) is 0.415. The first-order valence-electron chi connectivity index (χ1n) is 4.95. The van der Waals surface area contributed by atoms with Crippen LogP contribution in [0.3, 0.4) is 0 Å². The summed E-state index contributed by atoms with van der Waals surface area (Å²) in [4.78, 5) is 10.7. The monoisotopic (exact) mass is 247 g/mol. The summed E-state index contributed by atoms with van der Waals surface area (Å²) in [7, 11) is 1.75. The van der Waals surface area contributed by atoms with Gasteiger partial charge in [0.1, 0.15) is 6.61 Å². The number of aryl methyl sites for hydroxylation is 1. The van der Waals surface area contributed by atoms with E-state index in [1.54, 1.807) is 17.9 Å². The van der Waals surface area contributed by atoms with Crippen molar-refractivity contribution in [3.8, 4) is 5.88 Å². The lowest BCUT2D eigenvalue weighted by molar-refractivity contribution is 0.111. The van der Waals surface area contributed by atoms with E-state index in [2.05, 4.69) is 5.10 Å². The highest BCUT2D eigenvalue weighted by molar-refractivity contribution is 6.92. The molecule has 2 aromatic rings. The Morgan fingerprint density at radius 2 is 2.06 bits per heavy atom. The van der Waals surface area contributed by atoms with E-state index in [1.807, 2.05) is 30.3 Å². The minimum absolute atomic E-state index is 0. The van der Waals surface area contributed by atoms with Gasteiger partial charge in [0.15, 0.2) is 6.29 Å². The summed E-state index contributed by atoms with van der Waals surface area (Å²) < 4.78 is 7.03. The van der Waals surface area contributed by atoms with Gasteiger partial charge in [-0.3, -0.25) is 9.48 Å². The van der Waals surface area contributed by atoms with Crippen LogP contribution in [0, 0.1) is 0 Å². The maximum absolute atomic E-state index is 10.7. The first-order chi connectivity index (χ1) is 7.79. The number of aromatic nitrogens is 2. The molecule has 0 aliphatic rings. The highest BCUT2D eigenvalue weighted by Gasteiger charge is 2.07. The summed E-state index contributed by atoms with van der Waals surface area (Å²) in [6, 6.07) is 9.75. The van der Waals surface area contributed by atoms with Crippen LogP contribution in [0.4, 0.5) is 0 Å². The van der Waals surface area contributed by atoms with Crippen molar-refractivity contribution in [2.45, 2.75) is 6.61 Å². The van der Waals surface area contributed by atoms with Gasteiger partial charge >= 0.3 is 0 Å². The van der Waals surface area contributed by atoms with Crippen LogP contribution in [0.5, 0.6) is 5.88 Å². The average Bonchev–Trinajstić information content (AvgIpc) is 2.68. The van der Waals surface area contributed by atoms with Crippen molar-refractivity contribution in [1.82, 2.24) is 9.78 Å². The quantitative estimate of drug-likeness (QED) is 0.616. The van der Waals surface area contributed by atoms with Crippen molar-refractivity contribution in [3.05, 3.63) is 47.7 Å². The van der Waals surface area contributed by atoms with E-state index in [0.29, 0.717) is 18.1 Å². The normalized spacial score (nSPS) is 9.47. The number of ether oxygens (including phenoxy) is 1. The van der Waals surface area contributed by atoms with Crippen LogP contribution in [0.2, 0.25) is 0 Å². The standard InChI is InChI=1S/C12H12N2O2.P/c1-14-7-11(8-15)12(13-14)16-9-10-5-3-2-4-6-10;/h2-8H,9H2,1H3;. The molecule has 1 heterocycles. The molecule has 0 unspecified atom stereocenters. The molecule has 0 aliphatic carbocycles. The Bertz CT molecular complexity index is 483. The fraction of sp³-hybridized carbons (Fsp3) is 0.167. The lowest BCUT2D eigenvalue weighted by atomic mass is 10.2. The first kappa shape index (κ1) is 13.4. The Labute approximate surface area is 103 Å². The van der Waals surface area contributed by atoms with Gasteiger partial charge in [-0.25, -0.2) is 0 Å². The zero-order valence-electron chi connectivity index (χ0n) is 9.41. The zero-order chi connectivity index (χ0) is 11.4. The van der Waals surface area contributed by atoms with Gasteiger partial charge in [0.05, 0.1) is 5.56 Å². The molecular formula is C12H12N2O2P. The maximum atomic E-state index is 10.7. The van der Waals surface area contributed by atoms with E-state index in [4.69, 9.17) is 4.74 Å². The topological polar surface area (TPSA) is 44.1 Å². The Balaban J connectivity index is 0.00000144. The van der Waals surface area contributed by atoms with Crippen LogP contribution in [0.25, 0.3) is 0 Å². The molecule has 0 N–H and O–H groups in total. The molecule has 0 saturated carbocycles. The highest BCUT2D eigenvalue weighted by atomic mass is 31.0. The third-order valence-electron chi connectivity index (χ3n) is 2.17. The Hall–Kier alpha value is -1.67. The van der Waals surface area contributed by atoms with Gasteiger partial charge in [0, 0.05) is 23.1 Å². The van der Waals surface area contributed by atoms with Crippen LogP contribution in [-0.2, 0) is 13.7 Å². The van der Waals surface area contributed by atoms with Crippen LogP contribution in [-0.4, -0.2) is 16.1 Å². The zero-order valence-corrected chi connectivity index (χ0v) is 10.3. The molecule has 0 saturated heterocycles. The van der Waals surface area contributed by atoms with E-state index >= 15 is 0 Å². The van der Waals surface area contributed by atoms with Gasteiger partial charge in [-0.2, -0.15) is 0 Å². The molecule has 0 fully saturated rings. The van der Waals surface area contributed by atoms with E-state index in [9.17, 15) is 4.79 Å². The number of hydrogen-bond donors (Lipinski definition) is 0.